The molecule has 7 heteroatoms. The van der Waals surface area contributed by atoms with Crippen molar-refractivity contribution in [2.75, 3.05) is 13.2 Å². The Hall–Kier alpha value is -3.48. The molecule has 32 heavy (non-hydrogen) atoms. The number of carbonyl (C=O) groups excluding carboxylic acids is 1. The molecule has 0 radical (unpaired) electrons. The van der Waals surface area contributed by atoms with Gasteiger partial charge in [0.2, 0.25) is 0 Å². The highest BCUT2D eigenvalue weighted by atomic mass is 16.6. The van der Waals surface area contributed by atoms with Crippen molar-refractivity contribution in [3.8, 4) is 17.2 Å². The van der Waals surface area contributed by atoms with Gasteiger partial charge in [-0.25, -0.2) is 0 Å². The van der Waals surface area contributed by atoms with E-state index in [0.717, 1.165) is 28.3 Å². The van der Waals surface area contributed by atoms with Crippen LogP contribution in [0.2, 0.25) is 0 Å². The largest absolute Gasteiger partial charge is 0.489 e. The predicted octanol–water partition coefficient (Wildman–Crippen LogP) is 4.77. The molecule has 1 atom stereocenters. The lowest BCUT2D eigenvalue weighted by molar-refractivity contribution is 0.0925. The Bertz CT molecular complexity index is 1070. The van der Waals surface area contributed by atoms with Crippen molar-refractivity contribution in [3.05, 3.63) is 70.6 Å². The molecule has 1 aliphatic heterocycles. The van der Waals surface area contributed by atoms with E-state index in [4.69, 9.17) is 18.7 Å². The second-order valence-corrected chi connectivity index (χ2v) is 8.21. The first-order chi connectivity index (χ1) is 15.4. The van der Waals surface area contributed by atoms with E-state index in [0.29, 0.717) is 36.9 Å². The van der Waals surface area contributed by atoms with Crippen LogP contribution >= 0.6 is 0 Å². The van der Waals surface area contributed by atoms with Crippen LogP contribution in [0.4, 0.5) is 0 Å². The van der Waals surface area contributed by atoms with Gasteiger partial charge in [0, 0.05) is 5.56 Å². The summed E-state index contributed by atoms with van der Waals surface area (Å²) in [5.74, 6) is 2.93. The van der Waals surface area contributed by atoms with Crippen molar-refractivity contribution >= 4 is 5.91 Å². The fourth-order valence-electron chi connectivity index (χ4n) is 3.68. The molecule has 0 spiro atoms. The first-order valence-electron chi connectivity index (χ1n) is 10.8. The van der Waals surface area contributed by atoms with Crippen LogP contribution < -0.4 is 19.5 Å². The standard InChI is InChI=1S/C25H28N2O5/c1-15(2)24(19-7-10-22-23(13-19)30-12-11-29-22)26-25(28)18-5-8-20(9-6-18)31-14-21-16(3)27-32-17(21)4/h5-10,13,15,24H,11-12,14H2,1-4H3,(H,26,28). The average Bonchev–Trinajstić information content (AvgIpc) is 3.12. The van der Waals surface area contributed by atoms with Gasteiger partial charge in [-0.1, -0.05) is 25.1 Å². The minimum atomic E-state index is -0.159. The number of hydrogen-bond acceptors (Lipinski definition) is 6. The van der Waals surface area contributed by atoms with Crippen molar-refractivity contribution in [3.63, 3.8) is 0 Å². The van der Waals surface area contributed by atoms with Gasteiger partial charge in [0.15, 0.2) is 11.5 Å². The van der Waals surface area contributed by atoms with Crippen molar-refractivity contribution in [1.82, 2.24) is 10.5 Å². The lowest BCUT2D eigenvalue weighted by atomic mass is 9.95. The maximum atomic E-state index is 12.9. The lowest BCUT2D eigenvalue weighted by Crippen LogP contribution is -2.31. The molecule has 168 valence electrons. The van der Waals surface area contributed by atoms with Crippen molar-refractivity contribution in [1.29, 1.82) is 0 Å². The predicted molar refractivity (Wildman–Crippen MR) is 119 cm³/mol. The maximum absolute atomic E-state index is 12.9. The van der Waals surface area contributed by atoms with Gasteiger partial charge in [0.1, 0.15) is 31.3 Å². The van der Waals surface area contributed by atoms with Crippen molar-refractivity contribution in [2.24, 2.45) is 5.92 Å². The maximum Gasteiger partial charge on any atom is 0.251 e. The highest BCUT2D eigenvalue weighted by Crippen LogP contribution is 2.34. The number of amides is 1. The highest BCUT2D eigenvalue weighted by molar-refractivity contribution is 5.94. The molecule has 1 aromatic heterocycles. The third kappa shape index (κ3) is 4.72. The SMILES string of the molecule is Cc1noc(C)c1COc1ccc(C(=O)NC(c2ccc3c(c2)OCCO3)C(C)C)cc1. The molecule has 0 saturated carbocycles. The normalized spacial score (nSPS) is 13.7. The van der Waals surface area contributed by atoms with Crippen LogP contribution in [0.3, 0.4) is 0 Å². The average molecular weight is 437 g/mol. The number of ether oxygens (including phenoxy) is 3. The Morgan fingerprint density at radius 2 is 1.78 bits per heavy atom. The number of hydrogen-bond donors (Lipinski definition) is 1. The van der Waals surface area contributed by atoms with Crippen molar-refractivity contribution in [2.45, 2.75) is 40.3 Å². The zero-order valence-electron chi connectivity index (χ0n) is 18.8. The van der Waals surface area contributed by atoms with Gasteiger partial charge in [-0.3, -0.25) is 4.79 Å². The van der Waals surface area contributed by atoms with Gasteiger partial charge in [-0.05, 0) is 61.7 Å². The molecule has 0 saturated heterocycles. The van der Waals surface area contributed by atoms with E-state index in [1.165, 1.54) is 0 Å². The third-order valence-corrected chi connectivity index (χ3v) is 5.56. The fourth-order valence-corrected chi connectivity index (χ4v) is 3.68. The molecule has 1 amide bonds. The minimum Gasteiger partial charge on any atom is -0.489 e. The Kier molecular flexibility index (Phi) is 6.35. The molecule has 0 bridgehead atoms. The Balaban J connectivity index is 1.42. The highest BCUT2D eigenvalue weighted by Gasteiger charge is 2.22. The minimum absolute atomic E-state index is 0.143. The van der Waals surface area contributed by atoms with Crippen LogP contribution in [0.25, 0.3) is 0 Å². The molecular weight excluding hydrogens is 408 g/mol. The summed E-state index contributed by atoms with van der Waals surface area (Å²) in [7, 11) is 0. The molecular formula is C25H28N2O5. The molecule has 4 rings (SSSR count). The molecule has 2 heterocycles. The van der Waals surface area contributed by atoms with Crippen LogP contribution in [0.5, 0.6) is 17.2 Å². The summed E-state index contributed by atoms with van der Waals surface area (Å²) in [6.45, 7) is 9.34. The topological polar surface area (TPSA) is 82.8 Å². The number of nitrogens with zero attached hydrogens (tertiary/aromatic N) is 1. The molecule has 1 N–H and O–H groups in total. The number of rotatable bonds is 7. The first-order valence-corrected chi connectivity index (χ1v) is 10.8. The van der Waals surface area contributed by atoms with E-state index in [1.54, 1.807) is 24.3 Å². The summed E-state index contributed by atoms with van der Waals surface area (Å²) in [6.07, 6.45) is 0. The van der Waals surface area contributed by atoms with E-state index in [9.17, 15) is 4.79 Å². The smallest absolute Gasteiger partial charge is 0.251 e. The molecule has 0 fully saturated rings. The van der Waals surface area contributed by atoms with Crippen LogP contribution in [0.1, 0.15) is 52.8 Å². The van der Waals surface area contributed by atoms with Crippen LogP contribution in [-0.2, 0) is 6.61 Å². The number of benzene rings is 2. The zero-order chi connectivity index (χ0) is 22.7. The fraction of sp³-hybridized carbons (Fsp3) is 0.360. The van der Waals surface area contributed by atoms with E-state index in [2.05, 4.69) is 24.3 Å². The van der Waals surface area contributed by atoms with Crippen LogP contribution in [0.15, 0.2) is 47.0 Å². The number of carbonyl (C=O) groups is 1. The molecule has 2 aromatic carbocycles. The summed E-state index contributed by atoms with van der Waals surface area (Å²) in [5, 5.41) is 7.08. The Morgan fingerprint density at radius 3 is 2.44 bits per heavy atom. The van der Waals surface area contributed by atoms with Gasteiger partial charge in [-0.2, -0.15) is 0 Å². The molecule has 7 nitrogen and oxygen atoms in total. The molecule has 1 aliphatic rings. The van der Waals surface area contributed by atoms with Crippen molar-refractivity contribution < 1.29 is 23.5 Å². The van der Waals surface area contributed by atoms with E-state index in [-0.39, 0.29) is 17.9 Å². The number of fused-ring (bicyclic) bond motifs is 1. The van der Waals surface area contributed by atoms with Gasteiger partial charge >= 0.3 is 0 Å². The zero-order valence-corrected chi connectivity index (χ0v) is 18.8. The number of nitrogens with one attached hydrogen (secondary N) is 1. The molecule has 0 aliphatic carbocycles. The summed E-state index contributed by atoms with van der Waals surface area (Å²) in [5.41, 5.74) is 3.30. The van der Waals surface area contributed by atoms with Gasteiger partial charge in [-0.15, -0.1) is 0 Å². The monoisotopic (exact) mass is 436 g/mol. The lowest BCUT2D eigenvalue weighted by Gasteiger charge is -2.25. The Labute approximate surface area is 187 Å². The van der Waals surface area contributed by atoms with E-state index >= 15 is 0 Å². The van der Waals surface area contributed by atoms with Gasteiger partial charge in [0.25, 0.3) is 5.91 Å². The quantitative estimate of drug-likeness (QED) is 0.575. The van der Waals surface area contributed by atoms with E-state index in [1.807, 2.05) is 32.0 Å². The van der Waals surface area contributed by atoms with Gasteiger partial charge in [0.05, 0.1) is 17.3 Å². The van der Waals surface area contributed by atoms with E-state index < -0.39 is 0 Å². The number of aromatic nitrogens is 1. The second-order valence-electron chi connectivity index (χ2n) is 8.21. The Morgan fingerprint density at radius 1 is 1.06 bits per heavy atom. The summed E-state index contributed by atoms with van der Waals surface area (Å²) < 4.78 is 22.3. The molecule has 3 aromatic rings. The third-order valence-electron chi connectivity index (χ3n) is 5.56. The summed E-state index contributed by atoms with van der Waals surface area (Å²) >= 11 is 0. The summed E-state index contributed by atoms with van der Waals surface area (Å²) in [4.78, 5) is 12.9. The first kappa shape index (κ1) is 21.7. The second kappa shape index (κ2) is 9.34. The van der Waals surface area contributed by atoms with Crippen LogP contribution in [-0.4, -0.2) is 24.3 Å². The molecule has 1 unspecified atom stereocenters. The van der Waals surface area contributed by atoms with Crippen LogP contribution in [0, 0.1) is 19.8 Å². The number of aryl methyl sites for hydroxylation is 2. The summed E-state index contributed by atoms with van der Waals surface area (Å²) in [6, 6.07) is 12.8. The van der Waals surface area contributed by atoms with Gasteiger partial charge < -0.3 is 24.1 Å².